The zero-order valence-electron chi connectivity index (χ0n) is 19.8. The molecule has 3 rings (SSSR count). The summed E-state index contributed by atoms with van der Waals surface area (Å²) in [5.41, 5.74) is 4.05. The van der Waals surface area contributed by atoms with Crippen molar-refractivity contribution in [3.63, 3.8) is 0 Å². The molecule has 0 bridgehead atoms. The molecule has 7 heteroatoms. The normalized spacial score (nSPS) is 11.5. The zero-order chi connectivity index (χ0) is 24.5. The second kappa shape index (κ2) is 11.8. The fourth-order valence-electron chi connectivity index (χ4n) is 3.87. The maximum absolute atomic E-state index is 12.8. The van der Waals surface area contributed by atoms with Gasteiger partial charge in [0.2, 0.25) is 0 Å². The van der Waals surface area contributed by atoms with Crippen LogP contribution in [0.15, 0.2) is 60.8 Å². The third kappa shape index (κ3) is 7.07. The molecular weight excluding hydrogens is 430 g/mol. The molecule has 1 atom stereocenters. The predicted octanol–water partition coefficient (Wildman–Crippen LogP) is 4.31. The Morgan fingerprint density at radius 2 is 1.74 bits per heavy atom. The van der Waals surface area contributed by atoms with Crippen LogP contribution in [0.3, 0.4) is 0 Å². The number of aliphatic carboxylic acids is 1. The van der Waals surface area contributed by atoms with Crippen molar-refractivity contribution in [2.75, 3.05) is 18.5 Å². The van der Waals surface area contributed by atoms with Gasteiger partial charge in [0.15, 0.2) is 0 Å². The van der Waals surface area contributed by atoms with E-state index in [1.54, 1.807) is 6.20 Å². The minimum absolute atomic E-state index is 0.180. The van der Waals surface area contributed by atoms with Crippen LogP contribution >= 0.6 is 0 Å². The van der Waals surface area contributed by atoms with Gasteiger partial charge in [-0.15, -0.1) is 0 Å². The van der Waals surface area contributed by atoms with Crippen LogP contribution in [0, 0.1) is 20.8 Å². The monoisotopic (exact) mass is 461 g/mol. The molecule has 2 aromatic carbocycles. The quantitative estimate of drug-likeness (QED) is 0.368. The third-order valence-corrected chi connectivity index (χ3v) is 5.43. The molecule has 0 aliphatic rings. The largest absolute Gasteiger partial charge is 0.494 e. The molecule has 0 saturated carbocycles. The third-order valence-electron chi connectivity index (χ3n) is 5.43. The first-order valence-corrected chi connectivity index (χ1v) is 11.3. The lowest BCUT2D eigenvalue weighted by Crippen LogP contribution is -2.42. The summed E-state index contributed by atoms with van der Waals surface area (Å²) in [4.78, 5) is 28.8. The molecule has 178 valence electrons. The van der Waals surface area contributed by atoms with E-state index in [2.05, 4.69) is 15.6 Å². The molecular formula is C27H31N3O4. The minimum atomic E-state index is -1.07. The van der Waals surface area contributed by atoms with E-state index in [0.717, 1.165) is 41.0 Å². The number of hydrogen-bond acceptors (Lipinski definition) is 5. The molecule has 3 N–H and O–H groups in total. The number of anilines is 1. The summed E-state index contributed by atoms with van der Waals surface area (Å²) in [5.74, 6) is 0.0983. The highest BCUT2D eigenvalue weighted by atomic mass is 16.5. The lowest BCUT2D eigenvalue weighted by molar-refractivity contribution is -0.139. The van der Waals surface area contributed by atoms with Gasteiger partial charge in [-0.2, -0.15) is 0 Å². The highest BCUT2D eigenvalue weighted by Crippen LogP contribution is 2.18. The summed E-state index contributed by atoms with van der Waals surface area (Å²) >= 11 is 0. The summed E-state index contributed by atoms with van der Waals surface area (Å²) < 4.78 is 5.76. The van der Waals surface area contributed by atoms with Gasteiger partial charge < -0.3 is 20.5 Å². The Balaban J connectivity index is 1.51. The lowest BCUT2D eigenvalue weighted by Gasteiger charge is -2.17. The van der Waals surface area contributed by atoms with Crippen LogP contribution < -0.4 is 15.4 Å². The Kier molecular flexibility index (Phi) is 8.62. The van der Waals surface area contributed by atoms with Crippen molar-refractivity contribution in [3.05, 3.63) is 88.6 Å². The van der Waals surface area contributed by atoms with E-state index >= 15 is 0 Å². The van der Waals surface area contributed by atoms with Crippen LogP contribution in [0.25, 0.3) is 0 Å². The second-order valence-electron chi connectivity index (χ2n) is 8.33. The molecule has 0 aliphatic carbocycles. The number of carboxylic acid groups (broad SMARTS) is 1. The maximum Gasteiger partial charge on any atom is 0.326 e. The Labute approximate surface area is 200 Å². The molecule has 34 heavy (non-hydrogen) atoms. The number of benzene rings is 2. The van der Waals surface area contributed by atoms with Gasteiger partial charge in [-0.05, 0) is 68.1 Å². The molecule has 1 heterocycles. The molecule has 3 aromatic rings. The van der Waals surface area contributed by atoms with E-state index in [1.807, 2.05) is 75.4 Å². The molecule has 0 spiro atoms. The van der Waals surface area contributed by atoms with Gasteiger partial charge in [0.05, 0.1) is 6.61 Å². The summed E-state index contributed by atoms with van der Waals surface area (Å²) in [5, 5.41) is 15.6. The van der Waals surface area contributed by atoms with E-state index in [1.165, 1.54) is 0 Å². The standard InChI is InChI=1S/C27H31N3O4/c1-18-15-19(2)25(20(3)16-18)26(31)30-23(27(32)33)17-21-8-10-22(11-9-21)34-14-6-13-29-24-7-4-5-12-28-24/h4-5,7-12,15-16,23H,6,13-14,17H2,1-3H3,(H,28,29)(H,30,31)(H,32,33)/t23-/m0/s1. The van der Waals surface area contributed by atoms with Crippen LogP contribution in [0.5, 0.6) is 5.75 Å². The average molecular weight is 462 g/mol. The number of nitrogens with one attached hydrogen (secondary N) is 2. The average Bonchev–Trinajstić information content (AvgIpc) is 2.79. The van der Waals surface area contributed by atoms with Gasteiger partial charge in [0, 0.05) is 24.7 Å². The first kappa shape index (κ1) is 24.8. The zero-order valence-corrected chi connectivity index (χ0v) is 19.8. The van der Waals surface area contributed by atoms with Crippen molar-refractivity contribution in [2.24, 2.45) is 0 Å². The molecule has 0 fully saturated rings. The number of carboxylic acids is 1. The Hall–Kier alpha value is -3.87. The number of aryl methyl sites for hydroxylation is 3. The number of amides is 1. The highest BCUT2D eigenvalue weighted by molar-refractivity contribution is 5.99. The Bertz CT molecular complexity index is 1090. The molecule has 0 unspecified atom stereocenters. The summed E-state index contributed by atoms with van der Waals surface area (Å²) in [7, 11) is 0. The number of hydrogen-bond donors (Lipinski definition) is 3. The van der Waals surface area contributed by atoms with Crippen LogP contribution in [-0.4, -0.2) is 41.2 Å². The molecule has 1 amide bonds. The van der Waals surface area contributed by atoms with E-state index in [-0.39, 0.29) is 12.3 Å². The second-order valence-corrected chi connectivity index (χ2v) is 8.33. The number of carbonyl (C=O) groups is 2. The van der Waals surface area contributed by atoms with Gasteiger partial charge in [0.25, 0.3) is 5.91 Å². The molecule has 0 saturated heterocycles. The van der Waals surface area contributed by atoms with Gasteiger partial charge in [-0.1, -0.05) is 35.9 Å². The number of nitrogens with zero attached hydrogens (tertiary/aromatic N) is 1. The van der Waals surface area contributed by atoms with Crippen molar-refractivity contribution in [3.8, 4) is 5.75 Å². The number of rotatable bonds is 11. The minimum Gasteiger partial charge on any atom is -0.494 e. The van der Waals surface area contributed by atoms with Gasteiger partial charge in [-0.3, -0.25) is 4.79 Å². The van der Waals surface area contributed by atoms with Gasteiger partial charge in [-0.25, -0.2) is 9.78 Å². The van der Waals surface area contributed by atoms with Crippen LogP contribution in [0.4, 0.5) is 5.82 Å². The topological polar surface area (TPSA) is 101 Å². The molecule has 0 aliphatic heterocycles. The van der Waals surface area contributed by atoms with Crippen molar-refractivity contribution < 1.29 is 19.4 Å². The SMILES string of the molecule is Cc1cc(C)c(C(=O)N[C@@H](Cc2ccc(OCCCNc3ccccn3)cc2)C(=O)O)c(C)c1. The first-order chi connectivity index (χ1) is 16.3. The molecule has 0 radical (unpaired) electrons. The fraction of sp³-hybridized carbons (Fsp3) is 0.296. The smallest absolute Gasteiger partial charge is 0.326 e. The van der Waals surface area contributed by atoms with Crippen molar-refractivity contribution in [1.29, 1.82) is 0 Å². The van der Waals surface area contributed by atoms with Crippen LogP contribution in [0.2, 0.25) is 0 Å². The number of aromatic nitrogens is 1. The van der Waals surface area contributed by atoms with Crippen molar-refractivity contribution in [2.45, 2.75) is 39.7 Å². The maximum atomic E-state index is 12.8. The fourth-order valence-corrected chi connectivity index (χ4v) is 3.87. The Morgan fingerprint density at radius 3 is 2.35 bits per heavy atom. The predicted molar refractivity (Wildman–Crippen MR) is 133 cm³/mol. The van der Waals surface area contributed by atoms with Gasteiger partial charge in [0.1, 0.15) is 17.6 Å². The van der Waals surface area contributed by atoms with Gasteiger partial charge >= 0.3 is 5.97 Å². The van der Waals surface area contributed by atoms with Crippen molar-refractivity contribution in [1.82, 2.24) is 10.3 Å². The summed E-state index contributed by atoms with van der Waals surface area (Å²) in [6, 6.07) is 15.8. The summed E-state index contributed by atoms with van der Waals surface area (Å²) in [6.07, 6.45) is 2.73. The van der Waals surface area contributed by atoms with E-state index in [0.29, 0.717) is 17.9 Å². The lowest BCUT2D eigenvalue weighted by atomic mass is 9.98. The number of pyridine rings is 1. The summed E-state index contributed by atoms with van der Waals surface area (Å²) in [6.45, 7) is 6.97. The van der Waals surface area contributed by atoms with E-state index in [9.17, 15) is 14.7 Å². The highest BCUT2D eigenvalue weighted by Gasteiger charge is 2.23. The van der Waals surface area contributed by atoms with E-state index in [4.69, 9.17) is 4.74 Å². The number of ether oxygens (including phenoxy) is 1. The molecule has 7 nitrogen and oxygen atoms in total. The van der Waals surface area contributed by atoms with E-state index < -0.39 is 12.0 Å². The van der Waals surface area contributed by atoms with Crippen LogP contribution in [0.1, 0.15) is 39.0 Å². The number of carbonyl (C=O) groups excluding carboxylic acids is 1. The molecule has 1 aromatic heterocycles. The van der Waals surface area contributed by atoms with Crippen molar-refractivity contribution >= 4 is 17.7 Å². The Morgan fingerprint density at radius 1 is 1.03 bits per heavy atom. The first-order valence-electron chi connectivity index (χ1n) is 11.3. The van der Waals surface area contributed by atoms with Crippen LogP contribution in [-0.2, 0) is 11.2 Å².